The van der Waals surface area contributed by atoms with Crippen molar-refractivity contribution in [3.05, 3.63) is 116 Å². The maximum absolute atomic E-state index is 14.3. The molecule has 1 saturated carbocycles. The van der Waals surface area contributed by atoms with Crippen LogP contribution >= 0.6 is 23.2 Å². The highest BCUT2D eigenvalue weighted by molar-refractivity contribution is 6.36. The Hall–Kier alpha value is -3.85. The fraction of sp³-hybridized carbons (Fsp3) is 0.442. The van der Waals surface area contributed by atoms with Crippen LogP contribution in [0.4, 0.5) is 10.1 Å². The highest BCUT2D eigenvalue weighted by Gasteiger charge is 2.32. The molecule has 0 radical (unpaired) electrons. The largest absolute Gasteiger partial charge is 0.465 e. The molecule has 2 aromatic rings. The van der Waals surface area contributed by atoms with E-state index in [2.05, 4.69) is 58.2 Å². The minimum Gasteiger partial charge on any atom is -0.465 e. The zero-order valence-electron chi connectivity index (χ0n) is 31.1. The Kier molecular flexibility index (Phi) is 12.9. The normalized spacial score (nSPS) is 20.7. The van der Waals surface area contributed by atoms with Gasteiger partial charge in [-0.05, 0) is 92.5 Å². The first-order chi connectivity index (χ1) is 25.6. The molecule has 2 atom stereocenters. The van der Waals surface area contributed by atoms with Gasteiger partial charge in [0.2, 0.25) is 0 Å². The van der Waals surface area contributed by atoms with Crippen LogP contribution in [0.2, 0.25) is 10.0 Å². The predicted molar refractivity (Wildman–Crippen MR) is 216 cm³/mol. The fourth-order valence-electron chi connectivity index (χ4n) is 7.42. The third kappa shape index (κ3) is 8.93. The molecule has 3 fully saturated rings. The lowest BCUT2D eigenvalue weighted by Crippen LogP contribution is -2.53. The van der Waals surface area contributed by atoms with Crippen molar-refractivity contribution in [2.75, 3.05) is 37.6 Å². The summed E-state index contributed by atoms with van der Waals surface area (Å²) in [6.45, 7) is 15.3. The van der Waals surface area contributed by atoms with Crippen LogP contribution in [-0.2, 0) is 4.74 Å². The smallest absolute Gasteiger partial charge is 0.199 e. The van der Waals surface area contributed by atoms with E-state index in [9.17, 15) is 9.18 Å². The molecule has 282 valence electrons. The maximum Gasteiger partial charge on any atom is 0.199 e. The summed E-state index contributed by atoms with van der Waals surface area (Å²) in [5, 5.41) is 15.2. The lowest BCUT2D eigenvalue weighted by Gasteiger charge is -2.44. The van der Waals surface area contributed by atoms with E-state index in [4.69, 9.17) is 33.3 Å². The number of ketones is 1. The highest BCUT2D eigenvalue weighted by Crippen LogP contribution is 2.39. The van der Waals surface area contributed by atoms with Crippen LogP contribution in [-0.4, -0.2) is 55.7 Å². The molecule has 3 heterocycles. The molecule has 3 aliphatic heterocycles. The summed E-state index contributed by atoms with van der Waals surface area (Å²) in [5.41, 5.74) is 7.20. The number of halogens is 3. The molecule has 0 aromatic heterocycles. The van der Waals surface area contributed by atoms with Gasteiger partial charge in [0.25, 0.3) is 0 Å². The van der Waals surface area contributed by atoms with Gasteiger partial charge in [0, 0.05) is 79.8 Å². The number of likely N-dealkylation sites (tertiary alicyclic amines) is 1. The molecule has 1 unspecified atom stereocenters. The molecule has 4 aliphatic rings. The third-order valence-corrected chi connectivity index (χ3v) is 11.9. The Morgan fingerprint density at radius 1 is 1.15 bits per heavy atom. The number of rotatable bonds is 15. The molecule has 3 N–H and O–H groups in total. The van der Waals surface area contributed by atoms with Crippen LogP contribution < -0.4 is 15.5 Å². The molecular formula is C43H52Cl2FN5O2. The van der Waals surface area contributed by atoms with Crippen molar-refractivity contribution in [2.24, 2.45) is 11.8 Å². The molecule has 1 aliphatic carbocycles. The number of nitrogens with one attached hydrogen (secondary N) is 3. The number of benzene rings is 2. The van der Waals surface area contributed by atoms with Gasteiger partial charge in [0.1, 0.15) is 11.6 Å². The van der Waals surface area contributed by atoms with E-state index in [1.54, 1.807) is 6.08 Å². The van der Waals surface area contributed by atoms with Gasteiger partial charge < -0.3 is 30.6 Å². The standard InChI is InChI=1S/C43H52Cl2FN5O2/c1-5-27(4)42(52)35-12-11-34(20-31(35)19-28-9-8-10-28)51-25-29(26-51)24-50-17-15-33(16-18-50)48-23-32(22-47)30(6-2)21-39-38(7-3)49-43(53-39)40-36(44)13-14-37(46)41(40)45/h6,11-14,19-23,27,29,33,43,47-49H,2,5,7-10,15-18,24-26H2,1,3-4H3/b30-21+,32-23+,47-22?/t27?,43-/m0/s1. The van der Waals surface area contributed by atoms with Crippen LogP contribution in [0.5, 0.6) is 0 Å². The van der Waals surface area contributed by atoms with E-state index in [1.807, 2.05) is 26.1 Å². The van der Waals surface area contributed by atoms with Crippen molar-refractivity contribution >= 4 is 47.0 Å². The van der Waals surface area contributed by atoms with Crippen LogP contribution in [0, 0.1) is 23.1 Å². The molecule has 0 bridgehead atoms. The Bertz CT molecular complexity index is 1830. The van der Waals surface area contributed by atoms with Crippen molar-refractivity contribution in [1.82, 2.24) is 15.5 Å². The lowest BCUT2D eigenvalue weighted by molar-refractivity contribution is 0.0927. The van der Waals surface area contributed by atoms with Gasteiger partial charge in [0.05, 0.1) is 21.3 Å². The number of Topliss-reactive ketones (excluding diaryl/α,β-unsaturated/α-hetero) is 1. The van der Waals surface area contributed by atoms with Gasteiger partial charge >= 0.3 is 0 Å². The summed E-state index contributed by atoms with van der Waals surface area (Å²) in [7, 11) is 0. The van der Waals surface area contributed by atoms with E-state index in [-0.39, 0.29) is 16.7 Å². The number of hydrogen-bond donors (Lipinski definition) is 3. The van der Waals surface area contributed by atoms with E-state index in [0.717, 1.165) is 87.2 Å². The summed E-state index contributed by atoms with van der Waals surface area (Å²) in [6.07, 6.45) is 15.4. The van der Waals surface area contributed by atoms with E-state index >= 15 is 0 Å². The lowest BCUT2D eigenvalue weighted by atomic mass is 9.87. The minimum absolute atomic E-state index is 0.0365. The molecule has 7 nitrogen and oxygen atoms in total. The number of ether oxygens (including phenoxy) is 1. The molecule has 2 aromatic carbocycles. The zero-order valence-corrected chi connectivity index (χ0v) is 32.6. The van der Waals surface area contributed by atoms with Gasteiger partial charge in [-0.15, -0.1) is 0 Å². The highest BCUT2D eigenvalue weighted by atomic mass is 35.5. The average molecular weight is 761 g/mol. The van der Waals surface area contributed by atoms with Gasteiger partial charge in [0.15, 0.2) is 12.0 Å². The summed E-state index contributed by atoms with van der Waals surface area (Å²) >= 11 is 12.6. The second-order valence-corrected chi connectivity index (χ2v) is 15.5. The van der Waals surface area contributed by atoms with Crippen molar-refractivity contribution in [3.63, 3.8) is 0 Å². The minimum atomic E-state index is -0.734. The Morgan fingerprint density at radius 2 is 1.91 bits per heavy atom. The second-order valence-electron chi connectivity index (χ2n) is 14.8. The Labute approximate surface area is 324 Å². The van der Waals surface area contributed by atoms with Crippen molar-refractivity contribution < 1.29 is 13.9 Å². The third-order valence-electron chi connectivity index (χ3n) is 11.2. The number of allylic oxidation sites excluding steroid dienone is 6. The van der Waals surface area contributed by atoms with Gasteiger partial charge in [-0.1, -0.05) is 68.3 Å². The maximum atomic E-state index is 14.3. The zero-order chi connectivity index (χ0) is 37.6. The molecular weight excluding hydrogens is 708 g/mol. The second kappa shape index (κ2) is 17.5. The number of carbonyl (C=O) groups is 1. The van der Waals surface area contributed by atoms with Gasteiger partial charge in [-0.3, -0.25) is 4.79 Å². The number of carbonyl (C=O) groups excluding carboxylic acids is 1. The number of hydrogen-bond acceptors (Lipinski definition) is 7. The summed E-state index contributed by atoms with van der Waals surface area (Å²) in [5.74, 6) is 0.918. The Balaban J connectivity index is 1.00. The monoisotopic (exact) mass is 759 g/mol. The molecule has 6 rings (SSSR count). The van der Waals surface area contributed by atoms with Crippen molar-refractivity contribution in [2.45, 2.75) is 78.0 Å². The van der Waals surface area contributed by atoms with Crippen LogP contribution in [0.1, 0.15) is 93.4 Å². The first kappa shape index (κ1) is 38.9. The number of nitrogens with zero attached hydrogens (tertiary/aromatic N) is 2. The molecule has 0 amide bonds. The summed E-state index contributed by atoms with van der Waals surface area (Å²) in [4.78, 5) is 18.2. The van der Waals surface area contributed by atoms with Crippen molar-refractivity contribution in [1.29, 1.82) is 5.41 Å². The summed E-state index contributed by atoms with van der Waals surface area (Å²) < 4.78 is 20.4. The molecule has 10 heteroatoms. The molecule has 53 heavy (non-hydrogen) atoms. The fourth-order valence-corrected chi connectivity index (χ4v) is 7.98. The molecule has 0 spiro atoms. The van der Waals surface area contributed by atoms with Crippen LogP contribution in [0.25, 0.3) is 6.08 Å². The topological polar surface area (TPSA) is 80.7 Å². The quantitative estimate of drug-likeness (QED) is 0.0726. The SMILES string of the molecule is C=CC(=C\C1=C(CC)N[C@H](c2c(Cl)ccc(F)c2Cl)O1)/C(C=N)=C/NC1CCN(CC2CN(c3ccc(C(=O)C(C)CC)c(C=C4CCC4)c3)C2)CC1. The first-order valence-electron chi connectivity index (χ1n) is 19.1. The van der Waals surface area contributed by atoms with Gasteiger partial charge in [-0.25, -0.2) is 4.39 Å². The van der Waals surface area contributed by atoms with Crippen LogP contribution in [0.3, 0.4) is 0 Å². The Morgan fingerprint density at radius 3 is 2.55 bits per heavy atom. The number of anilines is 1. The van der Waals surface area contributed by atoms with E-state index < -0.39 is 12.0 Å². The van der Waals surface area contributed by atoms with Gasteiger partial charge in [-0.2, -0.15) is 0 Å². The first-order valence-corrected chi connectivity index (χ1v) is 19.8. The van der Waals surface area contributed by atoms with E-state index in [0.29, 0.717) is 40.3 Å². The van der Waals surface area contributed by atoms with Crippen LogP contribution in [0.15, 0.2) is 83.4 Å². The molecule has 2 saturated heterocycles. The van der Waals surface area contributed by atoms with E-state index in [1.165, 1.54) is 36.0 Å². The number of piperidine rings is 1. The summed E-state index contributed by atoms with van der Waals surface area (Å²) in [6, 6.07) is 9.45. The predicted octanol–water partition coefficient (Wildman–Crippen LogP) is 10.0. The average Bonchev–Trinajstić information content (AvgIpc) is 3.54. The van der Waals surface area contributed by atoms with Crippen molar-refractivity contribution in [3.8, 4) is 0 Å².